The van der Waals surface area contributed by atoms with Crippen LogP contribution in [0.15, 0.2) is 12.1 Å². The Hall–Kier alpha value is -1.98. The number of carboxylic acid groups (broad SMARTS) is 1. The number of carboxylic acids is 1. The molecule has 4 nitrogen and oxygen atoms in total. The van der Waals surface area contributed by atoms with E-state index >= 15 is 0 Å². The minimum absolute atomic E-state index is 0.490. The Labute approximate surface area is 83.1 Å². The molecule has 80 valence electrons. The maximum Gasteiger partial charge on any atom is 0.340 e. The van der Waals surface area contributed by atoms with E-state index in [0.29, 0.717) is 12.1 Å². The zero-order valence-electron chi connectivity index (χ0n) is 7.58. The Bertz CT molecular complexity index is 428. The van der Waals surface area contributed by atoms with E-state index in [1.165, 1.54) is 0 Å². The van der Waals surface area contributed by atoms with E-state index < -0.39 is 34.7 Å². The Morgan fingerprint density at radius 3 is 2.27 bits per heavy atom. The van der Waals surface area contributed by atoms with E-state index in [0.717, 1.165) is 7.11 Å². The van der Waals surface area contributed by atoms with Crippen molar-refractivity contribution in [2.75, 3.05) is 7.11 Å². The van der Waals surface area contributed by atoms with Crippen molar-refractivity contribution in [2.45, 2.75) is 0 Å². The smallest absolute Gasteiger partial charge is 0.340 e. The molecule has 0 saturated heterocycles. The van der Waals surface area contributed by atoms with Gasteiger partial charge in [-0.15, -0.1) is 0 Å². The van der Waals surface area contributed by atoms with Crippen molar-refractivity contribution in [1.29, 1.82) is 0 Å². The largest absolute Gasteiger partial charge is 0.478 e. The minimum atomic E-state index is -1.66. The fourth-order valence-corrected chi connectivity index (χ4v) is 1.00. The van der Waals surface area contributed by atoms with Crippen molar-refractivity contribution in [3.8, 4) is 0 Å². The fourth-order valence-electron chi connectivity index (χ4n) is 1.00. The van der Waals surface area contributed by atoms with Gasteiger partial charge in [0, 0.05) is 0 Å². The molecule has 1 rings (SSSR count). The van der Waals surface area contributed by atoms with E-state index in [9.17, 15) is 18.4 Å². The lowest BCUT2D eigenvalue weighted by Gasteiger charge is -2.04. The minimum Gasteiger partial charge on any atom is -0.478 e. The van der Waals surface area contributed by atoms with E-state index in [1.54, 1.807) is 0 Å². The number of hydrogen-bond acceptors (Lipinski definition) is 3. The van der Waals surface area contributed by atoms with Gasteiger partial charge in [0.1, 0.15) is 5.82 Å². The predicted octanol–water partition coefficient (Wildman–Crippen LogP) is 1.45. The molecule has 0 unspecified atom stereocenters. The molecule has 0 saturated carbocycles. The molecular formula is C9H6F2O4. The van der Waals surface area contributed by atoms with Crippen LogP contribution < -0.4 is 0 Å². The first-order chi connectivity index (χ1) is 6.97. The second kappa shape index (κ2) is 4.04. The van der Waals surface area contributed by atoms with Crippen molar-refractivity contribution < 1.29 is 28.2 Å². The number of esters is 1. The average Bonchev–Trinajstić information content (AvgIpc) is 2.19. The molecule has 0 heterocycles. The van der Waals surface area contributed by atoms with E-state index in [4.69, 9.17) is 5.11 Å². The second-order valence-electron chi connectivity index (χ2n) is 2.61. The van der Waals surface area contributed by atoms with Crippen LogP contribution in [-0.2, 0) is 4.74 Å². The Balaban J connectivity index is 3.41. The van der Waals surface area contributed by atoms with Crippen LogP contribution >= 0.6 is 0 Å². The van der Waals surface area contributed by atoms with Crippen LogP contribution in [0.4, 0.5) is 8.78 Å². The average molecular weight is 216 g/mol. The molecule has 0 aliphatic carbocycles. The number of rotatable bonds is 2. The summed E-state index contributed by atoms with van der Waals surface area (Å²) in [5.74, 6) is -5.11. The van der Waals surface area contributed by atoms with Crippen molar-refractivity contribution in [3.05, 3.63) is 34.9 Å². The molecule has 0 fully saturated rings. The van der Waals surface area contributed by atoms with Crippen LogP contribution in [0, 0.1) is 11.6 Å². The number of carbonyl (C=O) groups is 2. The summed E-state index contributed by atoms with van der Waals surface area (Å²) in [6.45, 7) is 0. The summed E-state index contributed by atoms with van der Waals surface area (Å²) in [6, 6.07) is 1.07. The van der Waals surface area contributed by atoms with Crippen molar-refractivity contribution in [2.24, 2.45) is 0 Å². The Morgan fingerprint density at radius 2 is 1.80 bits per heavy atom. The van der Waals surface area contributed by atoms with Crippen LogP contribution in [0.3, 0.4) is 0 Å². The number of ether oxygens (including phenoxy) is 1. The number of aromatic carboxylic acids is 1. The van der Waals surface area contributed by atoms with Gasteiger partial charge < -0.3 is 9.84 Å². The van der Waals surface area contributed by atoms with Gasteiger partial charge >= 0.3 is 11.9 Å². The fraction of sp³-hybridized carbons (Fsp3) is 0.111. The van der Waals surface area contributed by atoms with Gasteiger partial charge in [0.25, 0.3) is 0 Å². The number of methoxy groups -OCH3 is 1. The molecule has 0 amide bonds. The number of carbonyl (C=O) groups excluding carboxylic acids is 1. The highest BCUT2D eigenvalue weighted by Crippen LogP contribution is 2.16. The molecule has 1 N–H and O–H groups in total. The number of halogens is 2. The SMILES string of the molecule is COC(=O)c1cc(F)cc(C(=O)O)c1F. The van der Waals surface area contributed by atoms with Crippen LogP contribution in [-0.4, -0.2) is 24.2 Å². The summed E-state index contributed by atoms with van der Waals surface area (Å²) in [7, 11) is 0.979. The van der Waals surface area contributed by atoms with Gasteiger partial charge in [0.05, 0.1) is 18.2 Å². The maximum atomic E-state index is 13.3. The molecule has 0 atom stereocenters. The lowest BCUT2D eigenvalue weighted by Crippen LogP contribution is -2.10. The zero-order valence-corrected chi connectivity index (χ0v) is 7.58. The molecule has 0 bridgehead atoms. The summed E-state index contributed by atoms with van der Waals surface area (Å²) in [5.41, 5.74) is -1.65. The van der Waals surface area contributed by atoms with Crippen molar-refractivity contribution >= 4 is 11.9 Å². The third-order valence-electron chi connectivity index (χ3n) is 1.67. The molecule has 1 aromatic rings. The van der Waals surface area contributed by atoms with Gasteiger partial charge in [0.2, 0.25) is 0 Å². The third-order valence-corrected chi connectivity index (χ3v) is 1.67. The summed E-state index contributed by atoms with van der Waals surface area (Å²) in [6.07, 6.45) is 0. The topological polar surface area (TPSA) is 63.6 Å². The molecular weight excluding hydrogens is 210 g/mol. The first-order valence-electron chi connectivity index (χ1n) is 3.78. The standard InChI is InChI=1S/C9H6F2O4/c1-15-9(14)6-3-4(10)2-5(7(6)11)8(12)13/h2-3H,1H3,(H,12,13). The monoisotopic (exact) mass is 216 g/mol. The lowest BCUT2D eigenvalue weighted by molar-refractivity contribution is 0.0594. The Morgan fingerprint density at radius 1 is 1.27 bits per heavy atom. The second-order valence-corrected chi connectivity index (χ2v) is 2.61. The molecule has 15 heavy (non-hydrogen) atoms. The molecule has 0 radical (unpaired) electrons. The highest BCUT2D eigenvalue weighted by molar-refractivity contribution is 5.95. The third kappa shape index (κ3) is 2.09. The van der Waals surface area contributed by atoms with Gasteiger partial charge in [-0.05, 0) is 12.1 Å². The quantitative estimate of drug-likeness (QED) is 0.760. The first-order valence-corrected chi connectivity index (χ1v) is 3.78. The van der Waals surface area contributed by atoms with E-state index in [-0.39, 0.29) is 0 Å². The Kier molecular flexibility index (Phi) is 2.99. The van der Waals surface area contributed by atoms with E-state index in [1.807, 2.05) is 0 Å². The van der Waals surface area contributed by atoms with Crippen LogP contribution in [0.25, 0.3) is 0 Å². The van der Waals surface area contributed by atoms with Crippen LogP contribution in [0.2, 0.25) is 0 Å². The van der Waals surface area contributed by atoms with Gasteiger partial charge in [-0.25, -0.2) is 18.4 Å². The van der Waals surface area contributed by atoms with Crippen LogP contribution in [0.5, 0.6) is 0 Å². The van der Waals surface area contributed by atoms with E-state index in [2.05, 4.69) is 4.74 Å². The molecule has 0 aromatic heterocycles. The molecule has 0 spiro atoms. The highest BCUT2D eigenvalue weighted by Gasteiger charge is 2.21. The lowest BCUT2D eigenvalue weighted by atomic mass is 10.1. The maximum absolute atomic E-state index is 13.3. The molecule has 6 heteroatoms. The van der Waals surface area contributed by atoms with Crippen LogP contribution in [0.1, 0.15) is 20.7 Å². The summed E-state index contributed by atoms with van der Waals surface area (Å²) < 4.78 is 30.3. The summed E-state index contributed by atoms with van der Waals surface area (Å²) in [4.78, 5) is 21.4. The normalized spacial score (nSPS) is 9.80. The van der Waals surface area contributed by atoms with Gasteiger partial charge in [-0.2, -0.15) is 0 Å². The van der Waals surface area contributed by atoms with Crippen molar-refractivity contribution in [3.63, 3.8) is 0 Å². The van der Waals surface area contributed by atoms with Crippen molar-refractivity contribution in [1.82, 2.24) is 0 Å². The number of hydrogen-bond donors (Lipinski definition) is 1. The summed E-state index contributed by atoms with van der Waals surface area (Å²) in [5, 5.41) is 8.51. The summed E-state index contributed by atoms with van der Waals surface area (Å²) >= 11 is 0. The van der Waals surface area contributed by atoms with Gasteiger partial charge in [-0.1, -0.05) is 0 Å². The molecule has 1 aromatic carbocycles. The zero-order chi connectivity index (χ0) is 11.6. The number of benzene rings is 1. The highest BCUT2D eigenvalue weighted by atomic mass is 19.1. The molecule has 0 aliphatic heterocycles. The first kappa shape index (κ1) is 11.1. The predicted molar refractivity (Wildman–Crippen MR) is 44.7 cm³/mol. The van der Waals surface area contributed by atoms with Gasteiger partial charge in [0.15, 0.2) is 5.82 Å². The molecule has 0 aliphatic rings. The van der Waals surface area contributed by atoms with Gasteiger partial charge in [-0.3, -0.25) is 0 Å².